The summed E-state index contributed by atoms with van der Waals surface area (Å²) in [5.74, 6) is 0.288. The average Bonchev–Trinajstić information content (AvgIpc) is 2.49. The lowest BCUT2D eigenvalue weighted by Gasteiger charge is -2.48. The number of nitrogens with zero attached hydrogens (tertiary/aromatic N) is 3. The molecule has 23 heavy (non-hydrogen) atoms. The van der Waals surface area contributed by atoms with Crippen molar-refractivity contribution in [2.24, 2.45) is 0 Å². The van der Waals surface area contributed by atoms with E-state index in [-0.39, 0.29) is 11.8 Å². The van der Waals surface area contributed by atoms with Gasteiger partial charge in [0.1, 0.15) is 0 Å². The second kappa shape index (κ2) is 6.32. The highest BCUT2D eigenvalue weighted by Gasteiger charge is 2.36. The quantitative estimate of drug-likeness (QED) is 0.826. The van der Waals surface area contributed by atoms with E-state index in [1.807, 2.05) is 34.9 Å². The molecule has 0 saturated carbocycles. The minimum Gasteiger partial charge on any atom is -0.340 e. The van der Waals surface area contributed by atoms with Crippen molar-refractivity contribution in [2.75, 3.05) is 39.3 Å². The molecule has 2 aliphatic rings. The Balaban J connectivity index is 1.52. The maximum absolute atomic E-state index is 12.5. The van der Waals surface area contributed by atoms with Gasteiger partial charge in [-0.25, -0.2) is 0 Å². The van der Waals surface area contributed by atoms with Gasteiger partial charge in [-0.3, -0.25) is 14.5 Å². The Morgan fingerprint density at radius 3 is 2.17 bits per heavy atom. The molecule has 2 aliphatic heterocycles. The number of carbonyl (C=O) groups is 2. The molecule has 0 bridgehead atoms. The Morgan fingerprint density at radius 2 is 1.61 bits per heavy atom. The number of benzene rings is 1. The van der Waals surface area contributed by atoms with Crippen LogP contribution in [0.5, 0.6) is 0 Å². The van der Waals surface area contributed by atoms with E-state index in [1.165, 1.54) is 5.56 Å². The van der Waals surface area contributed by atoms with Crippen LogP contribution in [0, 0.1) is 13.8 Å². The monoisotopic (exact) mass is 315 g/mol. The van der Waals surface area contributed by atoms with Crippen molar-refractivity contribution in [3.63, 3.8) is 0 Å². The zero-order valence-electron chi connectivity index (χ0n) is 14.2. The second-order valence-electron chi connectivity index (χ2n) is 6.71. The number of hydrogen-bond acceptors (Lipinski definition) is 3. The lowest BCUT2D eigenvalue weighted by Crippen LogP contribution is -2.64. The van der Waals surface area contributed by atoms with Crippen molar-refractivity contribution >= 4 is 11.8 Å². The standard InChI is InChI=1S/C18H25N3O2/c1-13-4-5-16(10-14(13)2)18(23)21-11-17(12-21)20-8-6-19(7-9-20)15(3)22/h4-5,10,17H,6-9,11-12H2,1-3H3. The van der Waals surface area contributed by atoms with Crippen LogP contribution in [0.15, 0.2) is 18.2 Å². The van der Waals surface area contributed by atoms with Crippen molar-refractivity contribution in [3.05, 3.63) is 34.9 Å². The summed E-state index contributed by atoms with van der Waals surface area (Å²) >= 11 is 0. The predicted molar refractivity (Wildman–Crippen MR) is 89.4 cm³/mol. The minimum atomic E-state index is 0.131. The van der Waals surface area contributed by atoms with Crippen LogP contribution in [0.25, 0.3) is 0 Å². The lowest BCUT2D eigenvalue weighted by molar-refractivity contribution is -0.131. The Bertz CT molecular complexity index is 615. The summed E-state index contributed by atoms with van der Waals surface area (Å²) in [6, 6.07) is 6.36. The van der Waals surface area contributed by atoms with Gasteiger partial charge in [0.25, 0.3) is 5.91 Å². The van der Waals surface area contributed by atoms with E-state index in [4.69, 9.17) is 0 Å². The molecule has 1 aromatic carbocycles. The van der Waals surface area contributed by atoms with Crippen LogP contribution >= 0.6 is 0 Å². The molecule has 2 fully saturated rings. The Morgan fingerprint density at radius 1 is 0.957 bits per heavy atom. The molecule has 0 aliphatic carbocycles. The van der Waals surface area contributed by atoms with Gasteiger partial charge in [-0.2, -0.15) is 0 Å². The first kappa shape index (κ1) is 16.0. The molecule has 0 radical (unpaired) electrons. The highest BCUT2D eigenvalue weighted by Crippen LogP contribution is 2.20. The van der Waals surface area contributed by atoms with E-state index < -0.39 is 0 Å². The molecule has 0 spiro atoms. The van der Waals surface area contributed by atoms with E-state index in [9.17, 15) is 9.59 Å². The summed E-state index contributed by atoms with van der Waals surface area (Å²) in [5.41, 5.74) is 3.16. The zero-order chi connectivity index (χ0) is 16.6. The largest absolute Gasteiger partial charge is 0.340 e. The Labute approximate surface area is 137 Å². The van der Waals surface area contributed by atoms with Crippen LogP contribution in [0.4, 0.5) is 0 Å². The van der Waals surface area contributed by atoms with Gasteiger partial charge < -0.3 is 9.80 Å². The number of carbonyl (C=O) groups excluding carboxylic acids is 2. The smallest absolute Gasteiger partial charge is 0.253 e. The van der Waals surface area contributed by atoms with Gasteiger partial charge in [-0.15, -0.1) is 0 Å². The molecule has 2 heterocycles. The van der Waals surface area contributed by atoms with E-state index in [2.05, 4.69) is 11.8 Å². The molecule has 1 aromatic rings. The van der Waals surface area contributed by atoms with Gasteiger partial charge in [-0.05, 0) is 37.1 Å². The molecule has 124 valence electrons. The Kier molecular flexibility index (Phi) is 4.39. The third kappa shape index (κ3) is 3.24. The molecular formula is C18H25N3O2. The maximum Gasteiger partial charge on any atom is 0.253 e. The van der Waals surface area contributed by atoms with Crippen LogP contribution in [-0.2, 0) is 4.79 Å². The summed E-state index contributed by atoms with van der Waals surface area (Å²) in [4.78, 5) is 30.1. The van der Waals surface area contributed by atoms with Crippen molar-refractivity contribution in [1.82, 2.24) is 14.7 Å². The molecule has 5 heteroatoms. The van der Waals surface area contributed by atoms with Gasteiger partial charge in [0, 0.05) is 57.8 Å². The summed E-state index contributed by atoms with van der Waals surface area (Å²) in [7, 11) is 0. The van der Waals surface area contributed by atoms with Gasteiger partial charge in [0.2, 0.25) is 5.91 Å². The average molecular weight is 315 g/mol. The maximum atomic E-state index is 12.5. The fourth-order valence-electron chi connectivity index (χ4n) is 3.31. The van der Waals surface area contributed by atoms with Crippen molar-refractivity contribution in [3.8, 4) is 0 Å². The van der Waals surface area contributed by atoms with Crippen molar-refractivity contribution < 1.29 is 9.59 Å². The fraction of sp³-hybridized carbons (Fsp3) is 0.556. The lowest BCUT2D eigenvalue weighted by atomic mass is 10.0. The summed E-state index contributed by atoms with van der Waals surface area (Å²) < 4.78 is 0. The van der Waals surface area contributed by atoms with Gasteiger partial charge in [0.15, 0.2) is 0 Å². The van der Waals surface area contributed by atoms with E-state index >= 15 is 0 Å². The van der Waals surface area contributed by atoms with Crippen molar-refractivity contribution in [2.45, 2.75) is 26.8 Å². The minimum absolute atomic E-state index is 0.131. The van der Waals surface area contributed by atoms with E-state index in [0.29, 0.717) is 6.04 Å². The summed E-state index contributed by atoms with van der Waals surface area (Å²) in [6.45, 7) is 10.8. The number of hydrogen-bond donors (Lipinski definition) is 0. The van der Waals surface area contributed by atoms with Crippen LogP contribution in [0.1, 0.15) is 28.4 Å². The van der Waals surface area contributed by atoms with Crippen molar-refractivity contribution in [1.29, 1.82) is 0 Å². The third-order valence-corrected chi connectivity index (χ3v) is 5.18. The van der Waals surface area contributed by atoms with Crippen LogP contribution in [-0.4, -0.2) is 71.8 Å². The second-order valence-corrected chi connectivity index (χ2v) is 6.71. The van der Waals surface area contributed by atoms with Crippen LogP contribution in [0.3, 0.4) is 0 Å². The molecule has 0 atom stereocenters. The van der Waals surface area contributed by atoms with Gasteiger partial charge in [-0.1, -0.05) is 6.07 Å². The van der Waals surface area contributed by atoms with Crippen LogP contribution < -0.4 is 0 Å². The first-order valence-corrected chi connectivity index (χ1v) is 8.32. The highest BCUT2D eigenvalue weighted by molar-refractivity contribution is 5.95. The highest BCUT2D eigenvalue weighted by atomic mass is 16.2. The van der Waals surface area contributed by atoms with Gasteiger partial charge in [0.05, 0.1) is 0 Å². The third-order valence-electron chi connectivity index (χ3n) is 5.18. The normalized spacial score (nSPS) is 19.6. The SMILES string of the molecule is CC(=O)N1CCN(C2CN(C(=O)c3ccc(C)c(C)c3)C2)CC1. The van der Waals surface area contributed by atoms with Gasteiger partial charge >= 0.3 is 0 Å². The number of likely N-dealkylation sites (tertiary alicyclic amines) is 1. The Hall–Kier alpha value is -1.88. The number of rotatable bonds is 2. The molecular weight excluding hydrogens is 290 g/mol. The molecule has 0 unspecified atom stereocenters. The molecule has 2 saturated heterocycles. The topological polar surface area (TPSA) is 43.9 Å². The molecule has 0 N–H and O–H groups in total. The first-order valence-electron chi connectivity index (χ1n) is 8.32. The molecule has 5 nitrogen and oxygen atoms in total. The first-order chi connectivity index (χ1) is 11.0. The molecule has 0 aromatic heterocycles. The van der Waals surface area contributed by atoms with E-state index in [1.54, 1.807) is 6.92 Å². The molecule has 2 amide bonds. The van der Waals surface area contributed by atoms with Crippen LogP contribution in [0.2, 0.25) is 0 Å². The number of piperazine rings is 1. The number of aryl methyl sites for hydroxylation is 2. The summed E-state index contributed by atoms with van der Waals surface area (Å²) in [6.07, 6.45) is 0. The fourth-order valence-corrected chi connectivity index (χ4v) is 3.31. The summed E-state index contributed by atoms with van der Waals surface area (Å²) in [5, 5.41) is 0. The van der Waals surface area contributed by atoms with E-state index in [0.717, 1.165) is 50.4 Å². The molecule has 3 rings (SSSR count). The number of amides is 2. The predicted octanol–water partition coefficient (Wildman–Crippen LogP) is 1.29. The zero-order valence-corrected chi connectivity index (χ0v) is 14.2.